The molecule has 0 aliphatic heterocycles. The summed E-state index contributed by atoms with van der Waals surface area (Å²) in [6, 6.07) is 13.7. The highest BCUT2D eigenvalue weighted by atomic mass is 16.5. The van der Waals surface area contributed by atoms with Crippen LogP contribution in [0.25, 0.3) is 0 Å². The number of benzene rings is 2. The topological polar surface area (TPSA) is 88.1 Å². The molecule has 0 atom stereocenters. The van der Waals surface area contributed by atoms with Crippen LogP contribution in [0.4, 0.5) is 0 Å². The first-order chi connectivity index (χ1) is 24.4. The first kappa shape index (κ1) is 39.4. The highest BCUT2D eigenvalue weighted by Gasteiger charge is 2.33. The van der Waals surface area contributed by atoms with Crippen molar-refractivity contribution in [2.45, 2.75) is 142 Å². The molecule has 0 spiro atoms. The third-order valence-electron chi connectivity index (χ3n) is 10.7. The molecule has 0 amide bonds. The smallest absolute Gasteiger partial charge is 0.343 e. The van der Waals surface area contributed by atoms with Crippen molar-refractivity contribution in [3.05, 3.63) is 54.1 Å². The lowest BCUT2D eigenvalue weighted by molar-refractivity contribution is -0.144. The lowest BCUT2D eigenvalue weighted by atomic mass is 9.68. The van der Waals surface area contributed by atoms with Gasteiger partial charge in [-0.1, -0.05) is 78.1 Å². The molecule has 4 rings (SSSR count). The van der Waals surface area contributed by atoms with Crippen molar-refractivity contribution in [1.82, 2.24) is 0 Å². The Bertz CT molecular complexity index is 1260. The van der Waals surface area contributed by atoms with Gasteiger partial charge in [0.05, 0.1) is 24.7 Å². The molecule has 2 fully saturated rings. The minimum Gasteiger partial charge on any atom is -0.494 e. The summed E-state index contributed by atoms with van der Waals surface area (Å²) in [5, 5.41) is 0. The average molecular weight is 691 g/mol. The van der Waals surface area contributed by atoms with Crippen LogP contribution >= 0.6 is 0 Å². The average Bonchev–Trinajstić information content (AvgIpc) is 3.14. The zero-order valence-electron chi connectivity index (χ0n) is 30.8. The van der Waals surface area contributed by atoms with Crippen LogP contribution in [0.2, 0.25) is 0 Å². The summed E-state index contributed by atoms with van der Waals surface area (Å²) < 4.78 is 22.3. The summed E-state index contributed by atoms with van der Waals surface area (Å²) in [4.78, 5) is 37.0. The van der Waals surface area contributed by atoms with Crippen LogP contribution < -0.4 is 14.2 Å². The lowest BCUT2D eigenvalue weighted by Crippen LogP contribution is -2.30. The van der Waals surface area contributed by atoms with Gasteiger partial charge in [-0.25, -0.2) is 4.79 Å². The molecule has 2 aliphatic rings. The molecule has 0 unspecified atom stereocenters. The van der Waals surface area contributed by atoms with Crippen LogP contribution in [0, 0.1) is 23.7 Å². The summed E-state index contributed by atoms with van der Waals surface area (Å²) in [7, 11) is 0. The van der Waals surface area contributed by atoms with Crippen molar-refractivity contribution in [2.75, 3.05) is 13.2 Å². The Morgan fingerprint density at radius 2 is 1.14 bits per heavy atom. The molecule has 0 bridgehead atoms. The Hall–Kier alpha value is -3.35. The number of hydrogen-bond donors (Lipinski definition) is 0. The minimum absolute atomic E-state index is 0.0355. The second-order valence-electron chi connectivity index (χ2n) is 14.6. The van der Waals surface area contributed by atoms with E-state index in [0.29, 0.717) is 36.7 Å². The van der Waals surface area contributed by atoms with Crippen molar-refractivity contribution in [2.24, 2.45) is 23.7 Å². The molecular formula is C43H62O7. The number of carbonyl (C=O) groups is 3. The van der Waals surface area contributed by atoms with Gasteiger partial charge in [0, 0.05) is 6.42 Å². The zero-order valence-corrected chi connectivity index (χ0v) is 30.8. The van der Waals surface area contributed by atoms with Crippen LogP contribution in [-0.4, -0.2) is 31.1 Å². The van der Waals surface area contributed by atoms with E-state index in [4.69, 9.17) is 18.9 Å². The standard InChI is InChI=1S/C43H62O7/c1-3-5-10-14-33-15-17-34(18-16-33)35-19-21-36(22-20-35)42(45)49-39-27-29-40(30-28-39)50-43(46)37-23-25-38(26-24-37)47-31-11-8-6-7-9-12-32-48-41(44)13-4-2/h23-30,33-36H,3-22,31-32H2,1-2H3. The minimum atomic E-state index is -0.455. The summed E-state index contributed by atoms with van der Waals surface area (Å²) in [6.07, 6.45) is 22.7. The van der Waals surface area contributed by atoms with Crippen LogP contribution in [0.15, 0.2) is 48.5 Å². The van der Waals surface area contributed by atoms with Gasteiger partial charge in [0.2, 0.25) is 0 Å². The zero-order chi connectivity index (χ0) is 35.4. The molecule has 0 N–H and O–H groups in total. The molecule has 2 aromatic rings. The first-order valence-corrected chi connectivity index (χ1v) is 19.9. The maximum Gasteiger partial charge on any atom is 0.343 e. The predicted molar refractivity (Wildman–Crippen MR) is 198 cm³/mol. The van der Waals surface area contributed by atoms with Crippen LogP contribution in [0.1, 0.15) is 153 Å². The fourth-order valence-electron chi connectivity index (χ4n) is 7.65. The van der Waals surface area contributed by atoms with E-state index in [2.05, 4.69) is 6.92 Å². The molecule has 0 heterocycles. The van der Waals surface area contributed by atoms with E-state index in [-0.39, 0.29) is 17.9 Å². The van der Waals surface area contributed by atoms with Gasteiger partial charge in [0.15, 0.2) is 0 Å². The lowest BCUT2D eigenvalue weighted by Gasteiger charge is -2.37. The molecule has 276 valence electrons. The van der Waals surface area contributed by atoms with Crippen molar-refractivity contribution in [3.63, 3.8) is 0 Å². The molecule has 2 saturated carbocycles. The van der Waals surface area contributed by atoms with Gasteiger partial charge >= 0.3 is 17.9 Å². The molecule has 2 aliphatic carbocycles. The number of esters is 3. The molecule has 2 aromatic carbocycles. The van der Waals surface area contributed by atoms with Crippen molar-refractivity contribution in [3.8, 4) is 17.2 Å². The van der Waals surface area contributed by atoms with E-state index in [1.54, 1.807) is 48.5 Å². The van der Waals surface area contributed by atoms with E-state index < -0.39 is 5.97 Å². The first-order valence-electron chi connectivity index (χ1n) is 19.9. The normalized spacial score (nSPS) is 20.5. The second-order valence-corrected chi connectivity index (χ2v) is 14.6. The summed E-state index contributed by atoms with van der Waals surface area (Å²) in [5.74, 6) is 3.41. The van der Waals surface area contributed by atoms with Crippen molar-refractivity contribution >= 4 is 17.9 Å². The molecule has 7 heteroatoms. The van der Waals surface area contributed by atoms with E-state index in [9.17, 15) is 14.4 Å². The highest BCUT2D eigenvalue weighted by Crippen LogP contribution is 2.42. The molecular weight excluding hydrogens is 628 g/mol. The molecule has 0 radical (unpaired) electrons. The Labute approximate surface area is 301 Å². The van der Waals surface area contributed by atoms with Crippen LogP contribution in [0.5, 0.6) is 17.2 Å². The number of hydrogen-bond acceptors (Lipinski definition) is 7. The van der Waals surface area contributed by atoms with Gasteiger partial charge in [-0.15, -0.1) is 0 Å². The molecule has 50 heavy (non-hydrogen) atoms. The predicted octanol–water partition coefficient (Wildman–Crippen LogP) is 11.1. The van der Waals surface area contributed by atoms with E-state index in [1.165, 1.54) is 51.4 Å². The van der Waals surface area contributed by atoms with Crippen molar-refractivity contribution in [1.29, 1.82) is 0 Å². The SMILES string of the molecule is CCCCCC1CCC(C2CCC(C(=O)Oc3ccc(OC(=O)c4ccc(OCCCCCCCCOC(=O)CCC)cc4)cc3)CC2)CC1. The van der Waals surface area contributed by atoms with Crippen LogP contribution in [0.3, 0.4) is 0 Å². The monoisotopic (exact) mass is 690 g/mol. The Morgan fingerprint density at radius 3 is 1.76 bits per heavy atom. The van der Waals surface area contributed by atoms with E-state index in [1.807, 2.05) is 6.92 Å². The maximum atomic E-state index is 13.0. The molecule has 0 saturated heterocycles. The Morgan fingerprint density at radius 1 is 0.580 bits per heavy atom. The number of unbranched alkanes of at least 4 members (excludes halogenated alkanes) is 7. The summed E-state index contributed by atoms with van der Waals surface area (Å²) >= 11 is 0. The van der Waals surface area contributed by atoms with Crippen molar-refractivity contribution < 1.29 is 33.3 Å². The molecule has 7 nitrogen and oxygen atoms in total. The largest absolute Gasteiger partial charge is 0.494 e. The fraction of sp³-hybridized carbons (Fsp3) is 0.651. The number of ether oxygens (including phenoxy) is 4. The van der Waals surface area contributed by atoms with Gasteiger partial charge in [-0.05, 0) is 124 Å². The molecule has 0 aromatic heterocycles. The Kier molecular flexibility index (Phi) is 17.7. The van der Waals surface area contributed by atoms with Gasteiger partial charge < -0.3 is 18.9 Å². The maximum absolute atomic E-state index is 13.0. The number of carbonyl (C=O) groups excluding carboxylic acids is 3. The third kappa shape index (κ3) is 14.1. The Balaban J connectivity index is 1.06. The quantitative estimate of drug-likeness (QED) is 0.0731. The summed E-state index contributed by atoms with van der Waals surface area (Å²) in [6.45, 7) is 5.40. The van der Waals surface area contributed by atoms with E-state index >= 15 is 0 Å². The van der Waals surface area contributed by atoms with E-state index in [0.717, 1.165) is 94.1 Å². The van der Waals surface area contributed by atoms with Gasteiger partial charge in [0.1, 0.15) is 17.2 Å². The number of rotatable bonds is 21. The van der Waals surface area contributed by atoms with Gasteiger partial charge in [0.25, 0.3) is 0 Å². The second kappa shape index (κ2) is 22.5. The summed E-state index contributed by atoms with van der Waals surface area (Å²) in [5.41, 5.74) is 0.434. The fourth-order valence-corrected chi connectivity index (χ4v) is 7.65. The van der Waals surface area contributed by atoms with Gasteiger partial charge in [-0.3, -0.25) is 9.59 Å². The van der Waals surface area contributed by atoms with Crippen LogP contribution in [-0.2, 0) is 14.3 Å². The highest BCUT2D eigenvalue weighted by molar-refractivity contribution is 5.91. The third-order valence-corrected chi connectivity index (χ3v) is 10.7. The van der Waals surface area contributed by atoms with Gasteiger partial charge in [-0.2, -0.15) is 0 Å².